The van der Waals surface area contributed by atoms with Gasteiger partial charge in [-0.25, -0.2) is 9.59 Å². The number of rotatable bonds is 8. The van der Waals surface area contributed by atoms with Crippen LogP contribution < -0.4 is 26.6 Å². The number of amides is 5. The summed E-state index contributed by atoms with van der Waals surface area (Å²) in [7, 11) is 0. The van der Waals surface area contributed by atoms with Crippen LogP contribution in [0.5, 0.6) is 0 Å². The molecule has 0 aliphatic carbocycles. The highest BCUT2D eigenvalue weighted by molar-refractivity contribution is 6.10. The molecule has 30 heavy (non-hydrogen) atoms. The third-order valence-corrected chi connectivity index (χ3v) is 4.81. The zero-order valence-electron chi connectivity index (χ0n) is 16.7. The van der Waals surface area contributed by atoms with Crippen LogP contribution in [0.3, 0.4) is 0 Å². The van der Waals surface area contributed by atoms with Crippen molar-refractivity contribution >= 4 is 41.1 Å². The third-order valence-electron chi connectivity index (χ3n) is 4.81. The second-order valence-electron chi connectivity index (χ2n) is 7.03. The molecule has 0 spiro atoms. The number of hydrogen-bond acceptors (Lipinski definition) is 5. The summed E-state index contributed by atoms with van der Waals surface area (Å²) in [4.78, 5) is 61.2. The topological polar surface area (TPSA) is 171 Å². The molecule has 1 heterocycles. The maximum atomic E-state index is 12.9. The van der Waals surface area contributed by atoms with Gasteiger partial charge in [0.2, 0.25) is 17.7 Å². The van der Waals surface area contributed by atoms with Crippen molar-refractivity contribution in [2.24, 2.45) is 11.7 Å². The van der Waals surface area contributed by atoms with Crippen molar-refractivity contribution < 1.29 is 29.1 Å². The largest absolute Gasteiger partial charge is 0.480 e. The summed E-state index contributed by atoms with van der Waals surface area (Å²) >= 11 is 0. The highest BCUT2D eigenvalue weighted by Crippen LogP contribution is 2.29. The summed E-state index contributed by atoms with van der Waals surface area (Å²) < 4.78 is 0. The van der Waals surface area contributed by atoms with Gasteiger partial charge in [0.25, 0.3) is 0 Å². The molecule has 1 aliphatic rings. The zero-order valence-corrected chi connectivity index (χ0v) is 16.7. The number of urea groups is 1. The smallest absolute Gasteiger partial charge is 0.326 e. The van der Waals surface area contributed by atoms with E-state index in [-0.39, 0.29) is 18.4 Å². The van der Waals surface area contributed by atoms with Gasteiger partial charge >= 0.3 is 12.0 Å². The molecule has 0 saturated heterocycles. The van der Waals surface area contributed by atoms with E-state index in [1.165, 1.54) is 4.90 Å². The first kappa shape index (κ1) is 22.7. The fourth-order valence-corrected chi connectivity index (χ4v) is 2.99. The van der Waals surface area contributed by atoms with Crippen LogP contribution in [0.25, 0.3) is 0 Å². The molecule has 0 saturated carbocycles. The third kappa shape index (κ3) is 5.46. The van der Waals surface area contributed by atoms with Gasteiger partial charge < -0.3 is 26.8 Å². The molecule has 0 bridgehead atoms. The summed E-state index contributed by atoms with van der Waals surface area (Å²) in [5.41, 5.74) is 5.96. The first-order valence-corrected chi connectivity index (χ1v) is 9.42. The molecule has 3 atom stereocenters. The van der Waals surface area contributed by atoms with E-state index in [1.54, 1.807) is 38.1 Å². The molecule has 0 aromatic heterocycles. The molecule has 1 aliphatic heterocycles. The van der Waals surface area contributed by atoms with E-state index in [2.05, 4.69) is 16.0 Å². The Morgan fingerprint density at radius 2 is 1.90 bits per heavy atom. The number of nitrogens with one attached hydrogen (secondary N) is 3. The number of para-hydroxylation sites is 2. The van der Waals surface area contributed by atoms with Gasteiger partial charge in [-0.1, -0.05) is 32.4 Å². The molecule has 2 rings (SSSR count). The first-order valence-electron chi connectivity index (χ1n) is 9.42. The predicted molar refractivity (Wildman–Crippen MR) is 108 cm³/mol. The Morgan fingerprint density at radius 3 is 2.50 bits per heavy atom. The highest BCUT2D eigenvalue weighted by atomic mass is 16.4. The van der Waals surface area contributed by atoms with Crippen LogP contribution >= 0.6 is 0 Å². The average Bonchev–Trinajstić information content (AvgIpc) is 2.69. The molecule has 1 aromatic rings. The lowest BCUT2D eigenvalue weighted by atomic mass is 9.98. The predicted octanol–water partition coefficient (Wildman–Crippen LogP) is 0.0142. The molecule has 11 nitrogen and oxygen atoms in total. The van der Waals surface area contributed by atoms with Gasteiger partial charge in [0, 0.05) is 0 Å². The summed E-state index contributed by atoms with van der Waals surface area (Å²) in [5.74, 6) is -3.81. The molecule has 5 amide bonds. The Bertz CT molecular complexity index is 858. The van der Waals surface area contributed by atoms with Crippen molar-refractivity contribution in [2.45, 2.75) is 38.8 Å². The number of benzene rings is 1. The molecule has 0 unspecified atom stereocenters. The fourth-order valence-electron chi connectivity index (χ4n) is 2.99. The normalized spacial score (nSPS) is 15.8. The van der Waals surface area contributed by atoms with Gasteiger partial charge in [-0.15, -0.1) is 0 Å². The minimum atomic E-state index is -1.51. The minimum Gasteiger partial charge on any atom is -0.480 e. The van der Waals surface area contributed by atoms with Gasteiger partial charge in [-0.05, 0) is 18.1 Å². The SMILES string of the molecule is CC[C@@H](C)[C@H](NC(=O)N1CC(=O)Nc2ccccc21)C(=O)N[C@@H](CC(N)=O)C(=O)O. The van der Waals surface area contributed by atoms with E-state index in [4.69, 9.17) is 5.73 Å². The van der Waals surface area contributed by atoms with Crippen LogP contribution in [0, 0.1) is 5.92 Å². The van der Waals surface area contributed by atoms with Crippen LogP contribution in [0.1, 0.15) is 26.7 Å². The number of anilines is 2. The lowest BCUT2D eigenvalue weighted by molar-refractivity contribution is -0.143. The quantitative estimate of drug-likeness (QED) is 0.397. The van der Waals surface area contributed by atoms with Crippen molar-refractivity contribution in [2.75, 3.05) is 16.8 Å². The second kappa shape index (κ2) is 9.72. The first-order chi connectivity index (χ1) is 14.1. The van der Waals surface area contributed by atoms with E-state index in [9.17, 15) is 29.1 Å². The second-order valence-corrected chi connectivity index (χ2v) is 7.03. The van der Waals surface area contributed by atoms with E-state index in [0.29, 0.717) is 17.8 Å². The zero-order chi connectivity index (χ0) is 22.4. The van der Waals surface area contributed by atoms with Crippen molar-refractivity contribution in [1.82, 2.24) is 10.6 Å². The van der Waals surface area contributed by atoms with Crippen LogP contribution in [0.4, 0.5) is 16.2 Å². The summed E-state index contributed by atoms with van der Waals surface area (Å²) in [6.45, 7) is 3.28. The molecule has 1 aromatic carbocycles. The van der Waals surface area contributed by atoms with E-state index >= 15 is 0 Å². The number of hydrogen-bond donors (Lipinski definition) is 5. The lowest BCUT2D eigenvalue weighted by Gasteiger charge is -2.32. The summed E-state index contributed by atoms with van der Waals surface area (Å²) in [6.07, 6.45) is -0.0785. The fraction of sp³-hybridized carbons (Fsp3) is 0.421. The Kier molecular flexibility index (Phi) is 7.34. The lowest BCUT2D eigenvalue weighted by Crippen LogP contribution is -2.58. The number of carbonyl (C=O) groups excluding carboxylic acids is 4. The number of nitrogens with two attached hydrogens (primary N) is 1. The standard InChI is InChI=1S/C19H25N5O6/c1-3-10(2)16(17(27)22-12(18(28)29)8-14(20)25)23-19(30)24-9-15(26)21-11-6-4-5-7-13(11)24/h4-7,10,12,16H,3,8-9H2,1-2H3,(H2,20,25)(H,21,26)(H,22,27)(H,23,30)(H,28,29)/t10-,12+,16+/m1/s1. The van der Waals surface area contributed by atoms with E-state index in [1.807, 2.05) is 0 Å². The number of primary amides is 1. The van der Waals surface area contributed by atoms with Crippen LogP contribution in [0.2, 0.25) is 0 Å². The van der Waals surface area contributed by atoms with Gasteiger partial charge in [-0.2, -0.15) is 0 Å². The number of carbonyl (C=O) groups is 5. The number of carboxylic acids is 1. The molecule has 0 radical (unpaired) electrons. The molecule has 0 fully saturated rings. The van der Waals surface area contributed by atoms with Crippen LogP contribution in [-0.4, -0.2) is 53.5 Å². The molecular weight excluding hydrogens is 394 g/mol. The molecule has 6 N–H and O–H groups in total. The minimum absolute atomic E-state index is 0.239. The molecular formula is C19H25N5O6. The van der Waals surface area contributed by atoms with Crippen molar-refractivity contribution in [3.63, 3.8) is 0 Å². The maximum Gasteiger partial charge on any atom is 0.326 e. The van der Waals surface area contributed by atoms with Gasteiger partial charge in [0.05, 0.1) is 17.8 Å². The van der Waals surface area contributed by atoms with Gasteiger partial charge in [0.1, 0.15) is 18.6 Å². The number of aliphatic carboxylic acids is 1. The number of nitrogens with zero attached hydrogens (tertiary/aromatic N) is 1. The Morgan fingerprint density at radius 1 is 1.23 bits per heavy atom. The van der Waals surface area contributed by atoms with Gasteiger partial charge in [-0.3, -0.25) is 19.3 Å². The van der Waals surface area contributed by atoms with E-state index < -0.39 is 42.3 Å². The van der Waals surface area contributed by atoms with Crippen molar-refractivity contribution in [3.05, 3.63) is 24.3 Å². The highest BCUT2D eigenvalue weighted by Gasteiger charge is 2.33. The van der Waals surface area contributed by atoms with Crippen molar-refractivity contribution in [1.29, 1.82) is 0 Å². The van der Waals surface area contributed by atoms with Crippen molar-refractivity contribution in [3.8, 4) is 0 Å². The van der Waals surface area contributed by atoms with Crippen LogP contribution in [-0.2, 0) is 19.2 Å². The van der Waals surface area contributed by atoms with E-state index in [0.717, 1.165) is 0 Å². The summed E-state index contributed by atoms with van der Waals surface area (Å²) in [6, 6.07) is 3.43. The monoisotopic (exact) mass is 419 g/mol. The Balaban J connectivity index is 2.21. The average molecular weight is 419 g/mol. The number of carboxylic acid groups (broad SMARTS) is 1. The maximum absolute atomic E-state index is 12.9. The van der Waals surface area contributed by atoms with Gasteiger partial charge in [0.15, 0.2) is 0 Å². The Labute approximate surface area is 173 Å². The Hall–Kier alpha value is -3.63. The summed E-state index contributed by atoms with van der Waals surface area (Å²) in [5, 5.41) is 16.7. The molecule has 162 valence electrons. The number of fused-ring (bicyclic) bond motifs is 1. The molecule has 11 heteroatoms. The van der Waals surface area contributed by atoms with Crippen LogP contribution in [0.15, 0.2) is 24.3 Å².